The molecule has 0 saturated carbocycles. The van der Waals surface area contributed by atoms with Gasteiger partial charge in [0.05, 0.1) is 6.54 Å². The molecule has 2 nitrogen and oxygen atoms in total. The molecule has 0 N–H and O–H groups in total. The van der Waals surface area contributed by atoms with Gasteiger partial charge >= 0.3 is 0 Å². The Morgan fingerprint density at radius 3 is 2.79 bits per heavy atom. The van der Waals surface area contributed by atoms with E-state index in [0.29, 0.717) is 17.1 Å². The van der Waals surface area contributed by atoms with Crippen molar-refractivity contribution in [2.45, 2.75) is 6.92 Å². The van der Waals surface area contributed by atoms with Gasteiger partial charge in [-0.2, -0.15) is 0 Å². The lowest BCUT2D eigenvalue weighted by Gasteiger charge is -2.12. The molecule has 0 aliphatic rings. The number of hydrogen-bond donors (Lipinski definition) is 0. The van der Waals surface area contributed by atoms with Crippen LogP contribution >= 0.6 is 11.6 Å². The second-order valence-corrected chi connectivity index (χ2v) is 3.70. The second-order valence-electron chi connectivity index (χ2n) is 3.26. The summed E-state index contributed by atoms with van der Waals surface area (Å²) in [6, 6.07) is 7.05. The van der Waals surface area contributed by atoms with E-state index < -0.39 is 0 Å². The van der Waals surface area contributed by atoms with Crippen LogP contribution in [-0.2, 0) is 0 Å². The van der Waals surface area contributed by atoms with Crippen molar-refractivity contribution < 1.29 is 4.79 Å². The topological polar surface area (TPSA) is 20.3 Å². The van der Waals surface area contributed by atoms with Crippen LogP contribution in [0.3, 0.4) is 0 Å². The zero-order valence-corrected chi connectivity index (χ0v) is 9.21. The fourth-order valence-electron chi connectivity index (χ4n) is 1.11. The molecule has 0 radical (unpaired) electrons. The van der Waals surface area contributed by atoms with Crippen molar-refractivity contribution >= 4 is 17.4 Å². The van der Waals surface area contributed by atoms with Gasteiger partial charge in [0.15, 0.2) is 5.78 Å². The summed E-state index contributed by atoms with van der Waals surface area (Å²) in [5, 5.41) is 0.606. The summed E-state index contributed by atoms with van der Waals surface area (Å²) in [5.74, 6) is 0.108. The molecule has 0 fully saturated rings. The van der Waals surface area contributed by atoms with Gasteiger partial charge in [-0.3, -0.25) is 9.69 Å². The average molecular weight is 212 g/mol. The van der Waals surface area contributed by atoms with E-state index in [2.05, 4.69) is 0 Å². The first-order valence-electron chi connectivity index (χ1n) is 4.60. The predicted octanol–water partition coefficient (Wildman–Crippen LogP) is 2.47. The minimum Gasteiger partial charge on any atom is -0.299 e. The second kappa shape index (κ2) is 5.13. The largest absolute Gasteiger partial charge is 0.299 e. The number of carbonyl (C=O) groups is 1. The van der Waals surface area contributed by atoms with Gasteiger partial charge in [-0.1, -0.05) is 30.7 Å². The summed E-state index contributed by atoms with van der Waals surface area (Å²) in [4.78, 5) is 13.6. The maximum Gasteiger partial charge on any atom is 0.176 e. The molecule has 0 aromatic heterocycles. The van der Waals surface area contributed by atoms with Gasteiger partial charge in [-0.05, 0) is 25.7 Å². The molecule has 0 spiro atoms. The van der Waals surface area contributed by atoms with Crippen LogP contribution in [0.4, 0.5) is 0 Å². The van der Waals surface area contributed by atoms with Crippen LogP contribution in [0, 0.1) is 0 Å². The van der Waals surface area contributed by atoms with Crippen LogP contribution in [0.15, 0.2) is 24.3 Å². The highest BCUT2D eigenvalue weighted by molar-refractivity contribution is 6.31. The molecule has 1 rings (SSSR count). The molecule has 0 heterocycles. The third kappa shape index (κ3) is 3.13. The lowest BCUT2D eigenvalue weighted by Crippen LogP contribution is -2.25. The Balaban J connectivity index is 2.70. The van der Waals surface area contributed by atoms with Crippen LogP contribution in [0.1, 0.15) is 17.3 Å². The van der Waals surface area contributed by atoms with Gasteiger partial charge < -0.3 is 0 Å². The third-order valence-electron chi connectivity index (χ3n) is 2.10. The molecule has 3 heteroatoms. The molecule has 14 heavy (non-hydrogen) atoms. The monoisotopic (exact) mass is 211 g/mol. The van der Waals surface area contributed by atoms with E-state index in [1.165, 1.54) is 0 Å². The summed E-state index contributed by atoms with van der Waals surface area (Å²) in [7, 11) is 1.92. The highest BCUT2D eigenvalue weighted by atomic mass is 35.5. The van der Waals surface area contributed by atoms with Crippen LogP contribution in [0.2, 0.25) is 5.02 Å². The van der Waals surface area contributed by atoms with Crippen LogP contribution in [0.25, 0.3) is 0 Å². The van der Waals surface area contributed by atoms with Gasteiger partial charge in [0, 0.05) is 10.6 Å². The molecule has 1 aromatic carbocycles. The minimum absolute atomic E-state index is 0.108. The first kappa shape index (κ1) is 11.2. The number of benzene rings is 1. The van der Waals surface area contributed by atoms with Crippen molar-refractivity contribution in [3.63, 3.8) is 0 Å². The van der Waals surface area contributed by atoms with Gasteiger partial charge in [0.25, 0.3) is 0 Å². The van der Waals surface area contributed by atoms with Crippen LogP contribution < -0.4 is 0 Å². The lowest BCUT2D eigenvalue weighted by molar-refractivity contribution is 0.0949. The summed E-state index contributed by atoms with van der Waals surface area (Å²) < 4.78 is 0. The minimum atomic E-state index is 0.108. The van der Waals surface area contributed by atoms with Crippen LogP contribution in [0.5, 0.6) is 0 Å². The quantitative estimate of drug-likeness (QED) is 0.714. The molecule has 1 aromatic rings. The maximum absolute atomic E-state index is 11.7. The Kier molecular flexibility index (Phi) is 4.11. The summed E-state index contributed by atoms with van der Waals surface area (Å²) in [5.41, 5.74) is 0.679. The fraction of sp³-hybridized carbons (Fsp3) is 0.364. The molecule has 0 unspecified atom stereocenters. The molecule has 0 aliphatic carbocycles. The van der Waals surface area contributed by atoms with E-state index in [1.807, 2.05) is 18.9 Å². The van der Waals surface area contributed by atoms with Gasteiger partial charge in [0.1, 0.15) is 0 Å². The molecule has 0 amide bonds. The number of nitrogens with zero attached hydrogens (tertiary/aromatic N) is 1. The molecular weight excluding hydrogens is 198 g/mol. The van der Waals surface area contributed by atoms with Crippen LogP contribution in [-0.4, -0.2) is 30.8 Å². The number of ketones is 1. The number of Topliss-reactive ketones (excluding diaryl/α,β-unsaturated/α-hetero) is 1. The van der Waals surface area contributed by atoms with Crippen molar-refractivity contribution in [2.24, 2.45) is 0 Å². The summed E-state index contributed by atoms with van der Waals surface area (Å²) in [6.07, 6.45) is 0. The van der Waals surface area contributed by atoms with E-state index in [4.69, 9.17) is 11.6 Å². The van der Waals surface area contributed by atoms with Crippen molar-refractivity contribution in [1.29, 1.82) is 0 Å². The third-order valence-corrected chi connectivity index (χ3v) is 2.34. The highest BCUT2D eigenvalue weighted by Crippen LogP contribution is 2.11. The van der Waals surface area contributed by atoms with Crippen molar-refractivity contribution in [3.05, 3.63) is 34.9 Å². The molecule has 0 aliphatic heterocycles. The zero-order valence-electron chi connectivity index (χ0n) is 8.46. The maximum atomic E-state index is 11.7. The normalized spacial score (nSPS) is 10.6. The van der Waals surface area contributed by atoms with E-state index in [1.54, 1.807) is 24.3 Å². The average Bonchev–Trinajstić information content (AvgIpc) is 2.17. The molecule has 76 valence electrons. The smallest absolute Gasteiger partial charge is 0.176 e. The number of hydrogen-bond acceptors (Lipinski definition) is 2. The summed E-state index contributed by atoms with van der Waals surface area (Å²) >= 11 is 5.79. The molecule has 0 bridgehead atoms. The Bertz CT molecular complexity index is 325. The van der Waals surface area contributed by atoms with E-state index >= 15 is 0 Å². The number of halogens is 1. The predicted molar refractivity (Wildman–Crippen MR) is 59.0 cm³/mol. The Morgan fingerprint density at radius 2 is 2.21 bits per heavy atom. The zero-order chi connectivity index (χ0) is 10.6. The van der Waals surface area contributed by atoms with Gasteiger partial charge in [-0.15, -0.1) is 0 Å². The standard InChI is InChI=1S/C11H14ClNO/c1-3-13(2)8-11(14)9-5-4-6-10(12)7-9/h4-7H,3,8H2,1-2H3. The SMILES string of the molecule is CCN(C)CC(=O)c1cccc(Cl)c1. The Labute approximate surface area is 89.5 Å². The summed E-state index contributed by atoms with van der Waals surface area (Å²) in [6.45, 7) is 3.33. The van der Waals surface area contributed by atoms with Gasteiger partial charge in [-0.25, -0.2) is 0 Å². The van der Waals surface area contributed by atoms with E-state index in [9.17, 15) is 4.79 Å². The van der Waals surface area contributed by atoms with E-state index in [-0.39, 0.29) is 5.78 Å². The Morgan fingerprint density at radius 1 is 1.50 bits per heavy atom. The highest BCUT2D eigenvalue weighted by Gasteiger charge is 2.07. The first-order valence-corrected chi connectivity index (χ1v) is 4.98. The number of carbonyl (C=O) groups excluding carboxylic acids is 1. The molecule has 0 atom stereocenters. The van der Waals surface area contributed by atoms with Crippen molar-refractivity contribution in [2.75, 3.05) is 20.1 Å². The number of rotatable bonds is 4. The fourth-order valence-corrected chi connectivity index (χ4v) is 1.30. The number of likely N-dealkylation sites (N-methyl/N-ethyl adjacent to an activating group) is 1. The van der Waals surface area contributed by atoms with Crippen molar-refractivity contribution in [1.82, 2.24) is 4.90 Å². The van der Waals surface area contributed by atoms with Gasteiger partial charge in [0.2, 0.25) is 0 Å². The van der Waals surface area contributed by atoms with Crippen molar-refractivity contribution in [3.8, 4) is 0 Å². The first-order chi connectivity index (χ1) is 6.63. The molecule has 0 saturated heterocycles. The lowest BCUT2D eigenvalue weighted by atomic mass is 10.1. The molecular formula is C11H14ClNO. The van der Waals surface area contributed by atoms with E-state index in [0.717, 1.165) is 6.54 Å². The Hall–Kier alpha value is -0.860.